The van der Waals surface area contributed by atoms with E-state index in [0.717, 1.165) is 65.3 Å². The third-order valence-corrected chi connectivity index (χ3v) is 7.72. The minimum absolute atomic E-state index is 0.291. The molecule has 0 saturated heterocycles. The summed E-state index contributed by atoms with van der Waals surface area (Å²) in [6.45, 7) is 20.3. The zero-order valence-electron chi connectivity index (χ0n) is 25.6. The summed E-state index contributed by atoms with van der Waals surface area (Å²) in [4.78, 5) is 4.77. The molecule has 39 heavy (non-hydrogen) atoms. The Morgan fingerprint density at radius 2 is 1.74 bits per heavy atom. The lowest BCUT2D eigenvalue weighted by molar-refractivity contribution is 0.278. The van der Waals surface area contributed by atoms with E-state index >= 15 is 0 Å². The number of allylic oxidation sites excluding steroid dienone is 3. The highest BCUT2D eigenvalue weighted by Crippen LogP contribution is 2.37. The van der Waals surface area contributed by atoms with Gasteiger partial charge in [0.05, 0.1) is 17.9 Å². The second-order valence-electron chi connectivity index (χ2n) is 10.9. The molecule has 4 nitrogen and oxygen atoms in total. The number of nitrogens with zero attached hydrogens (tertiary/aromatic N) is 2. The van der Waals surface area contributed by atoms with Crippen molar-refractivity contribution < 1.29 is 9.47 Å². The van der Waals surface area contributed by atoms with Crippen LogP contribution in [0.15, 0.2) is 64.8 Å². The Kier molecular flexibility index (Phi) is 12.5. The highest BCUT2D eigenvalue weighted by Gasteiger charge is 2.26. The Morgan fingerprint density at radius 1 is 1.05 bits per heavy atom. The van der Waals surface area contributed by atoms with Gasteiger partial charge in [-0.2, -0.15) is 5.26 Å². The van der Waals surface area contributed by atoms with E-state index in [9.17, 15) is 5.26 Å². The van der Waals surface area contributed by atoms with Crippen molar-refractivity contribution in [3.63, 3.8) is 0 Å². The first-order valence-corrected chi connectivity index (χ1v) is 14.4. The van der Waals surface area contributed by atoms with Gasteiger partial charge in [-0.1, -0.05) is 77.8 Å². The molecule has 0 aromatic heterocycles. The summed E-state index contributed by atoms with van der Waals surface area (Å²) in [6, 6.07) is 14.9. The van der Waals surface area contributed by atoms with Crippen molar-refractivity contribution in [3.05, 3.63) is 82.1 Å². The highest BCUT2D eigenvalue weighted by atomic mass is 16.5. The van der Waals surface area contributed by atoms with Crippen molar-refractivity contribution in [2.24, 2.45) is 10.9 Å². The van der Waals surface area contributed by atoms with E-state index in [0.29, 0.717) is 24.7 Å². The fraction of sp³-hybridized carbons (Fsp3) is 0.486. The third-order valence-electron chi connectivity index (χ3n) is 7.72. The molecule has 0 aliphatic rings. The summed E-state index contributed by atoms with van der Waals surface area (Å²) in [5, 5.41) is 9.97. The SMILES string of the molecule is C/C=C\C(COc1ccc(C(C)(C)c2cc(C#N)c(OCCC(C)CC)c(CC)c2)cc1)=NC(C)=C(C)CC. The zero-order chi connectivity index (χ0) is 29.0. The van der Waals surface area contributed by atoms with Crippen LogP contribution in [0, 0.1) is 17.2 Å². The molecule has 0 N–H and O–H groups in total. The van der Waals surface area contributed by atoms with Gasteiger partial charge < -0.3 is 9.47 Å². The van der Waals surface area contributed by atoms with Crippen molar-refractivity contribution in [2.75, 3.05) is 13.2 Å². The van der Waals surface area contributed by atoms with Gasteiger partial charge in [-0.15, -0.1) is 0 Å². The van der Waals surface area contributed by atoms with Gasteiger partial charge in [0.2, 0.25) is 0 Å². The van der Waals surface area contributed by atoms with Gasteiger partial charge in [0.15, 0.2) is 0 Å². The molecule has 0 fully saturated rings. The average Bonchev–Trinajstić information content (AvgIpc) is 2.95. The quantitative estimate of drug-likeness (QED) is 0.230. The number of hydrogen-bond donors (Lipinski definition) is 0. The Labute approximate surface area is 237 Å². The van der Waals surface area contributed by atoms with Crippen molar-refractivity contribution in [2.45, 2.75) is 93.4 Å². The van der Waals surface area contributed by atoms with E-state index in [1.807, 2.05) is 44.2 Å². The number of aryl methyl sites for hydroxylation is 1. The molecule has 0 aliphatic heterocycles. The van der Waals surface area contributed by atoms with Crippen LogP contribution in [0.2, 0.25) is 0 Å². The molecule has 2 rings (SSSR count). The van der Waals surface area contributed by atoms with Crippen LogP contribution < -0.4 is 9.47 Å². The molecule has 0 amide bonds. The topological polar surface area (TPSA) is 54.6 Å². The van der Waals surface area contributed by atoms with Crippen LogP contribution in [0.5, 0.6) is 11.5 Å². The standard InChI is InChI=1S/C35H48N2O2/c1-10-14-32(37-27(7)26(6)12-3)24-39-33-17-15-30(16-18-33)35(8,9)31-21-28(13-4)34(29(22-31)23-36)38-20-19-25(5)11-2/h10,14-18,21-22,25H,11-13,19-20,24H2,1-9H3/b14-10-,27-26?,37-32?. The Balaban J connectivity index is 2.26. The summed E-state index contributed by atoms with van der Waals surface area (Å²) >= 11 is 0. The predicted octanol–water partition coefficient (Wildman–Crippen LogP) is 9.36. The molecule has 0 aliphatic carbocycles. The van der Waals surface area contributed by atoms with E-state index in [1.165, 1.54) is 5.57 Å². The third kappa shape index (κ3) is 8.85. The summed E-state index contributed by atoms with van der Waals surface area (Å²) < 4.78 is 12.3. The van der Waals surface area contributed by atoms with E-state index in [2.05, 4.69) is 72.7 Å². The van der Waals surface area contributed by atoms with Gasteiger partial charge >= 0.3 is 0 Å². The zero-order valence-corrected chi connectivity index (χ0v) is 25.6. The molecule has 1 unspecified atom stereocenters. The van der Waals surface area contributed by atoms with E-state index < -0.39 is 0 Å². The van der Waals surface area contributed by atoms with Gasteiger partial charge in [-0.3, -0.25) is 4.99 Å². The molecule has 1 atom stereocenters. The first-order valence-electron chi connectivity index (χ1n) is 14.4. The molecular formula is C35H48N2O2. The maximum atomic E-state index is 9.97. The van der Waals surface area contributed by atoms with Crippen LogP contribution in [0.3, 0.4) is 0 Å². The van der Waals surface area contributed by atoms with Crippen molar-refractivity contribution in [3.8, 4) is 17.6 Å². The fourth-order valence-electron chi connectivity index (χ4n) is 4.30. The van der Waals surface area contributed by atoms with Crippen molar-refractivity contribution in [1.29, 1.82) is 5.26 Å². The van der Waals surface area contributed by atoms with E-state index in [4.69, 9.17) is 14.5 Å². The second-order valence-corrected chi connectivity index (χ2v) is 10.9. The summed E-state index contributed by atoms with van der Waals surface area (Å²) in [5.41, 5.74) is 6.89. The van der Waals surface area contributed by atoms with Crippen LogP contribution in [0.4, 0.5) is 0 Å². The van der Waals surface area contributed by atoms with Crippen LogP contribution in [0.25, 0.3) is 0 Å². The smallest absolute Gasteiger partial charge is 0.140 e. The highest BCUT2D eigenvalue weighted by molar-refractivity contribution is 5.96. The van der Waals surface area contributed by atoms with Crippen molar-refractivity contribution in [1.82, 2.24) is 0 Å². The van der Waals surface area contributed by atoms with Gasteiger partial charge in [0, 0.05) is 11.1 Å². The lowest BCUT2D eigenvalue weighted by Gasteiger charge is -2.28. The number of hydrogen-bond acceptors (Lipinski definition) is 4. The van der Waals surface area contributed by atoms with Gasteiger partial charge in [0.1, 0.15) is 24.2 Å². The van der Waals surface area contributed by atoms with Crippen LogP contribution in [-0.4, -0.2) is 18.9 Å². The number of ether oxygens (including phenoxy) is 2. The monoisotopic (exact) mass is 528 g/mol. The molecule has 4 heteroatoms. The molecule has 0 saturated carbocycles. The summed E-state index contributed by atoms with van der Waals surface area (Å²) in [5.74, 6) is 2.15. The van der Waals surface area contributed by atoms with Gasteiger partial charge in [-0.05, 0) is 86.9 Å². The summed E-state index contributed by atoms with van der Waals surface area (Å²) in [7, 11) is 0. The molecule has 2 aromatic carbocycles. The molecule has 0 spiro atoms. The van der Waals surface area contributed by atoms with Crippen LogP contribution >= 0.6 is 0 Å². The molecule has 0 bridgehead atoms. The van der Waals surface area contributed by atoms with Gasteiger partial charge in [-0.25, -0.2) is 0 Å². The minimum Gasteiger partial charge on any atom is -0.492 e. The molecule has 0 radical (unpaired) electrons. The predicted molar refractivity (Wildman–Crippen MR) is 165 cm³/mol. The Hall–Kier alpha value is -3.32. The number of nitriles is 1. The number of aliphatic imine (C=N–C) groups is 1. The molecule has 2 aromatic rings. The Bertz CT molecular complexity index is 1210. The van der Waals surface area contributed by atoms with E-state index in [-0.39, 0.29) is 5.41 Å². The maximum absolute atomic E-state index is 9.97. The number of benzene rings is 2. The maximum Gasteiger partial charge on any atom is 0.140 e. The fourth-order valence-corrected chi connectivity index (χ4v) is 4.30. The van der Waals surface area contributed by atoms with Crippen LogP contribution in [0.1, 0.15) is 104 Å². The second kappa shape index (κ2) is 15.3. The van der Waals surface area contributed by atoms with Crippen molar-refractivity contribution >= 4 is 5.71 Å². The van der Waals surface area contributed by atoms with Gasteiger partial charge in [0.25, 0.3) is 0 Å². The lowest BCUT2D eigenvalue weighted by atomic mass is 9.77. The normalized spacial score (nSPS) is 13.7. The Morgan fingerprint density at radius 3 is 2.31 bits per heavy atom. The molecule has 0 heterocycles. The first kappa shape index (κ1) is 31.9. The number of rotatable bonds is 14. The van der Waals surface area contributed by atoms with Crippen LogP contribution in [-0.2, 0) is 11.8 Å². The average molecular weight is 529 g/mol. The minimum atomic E-state index is -0.291. The first-order chi connectivity index (χ1) is 18.6. The summed E-state index contributed by atoms with van der Waals surface area (Å²) in [6.07, 6.45) is 7.91. The molecule has 210 valence electrons. The lowest BCUT2D eigenvalue weighted by Crippen LogP contribution is -2.20. The largest absolute Gasteiger partial charge is 0.492 e. The van der Waals surface area contributed by atoms with E-state index in [1.54, 1.807) is 0 Å². The molecular weight excluding hydrogens is 480 g/mol.